The number of nitrogens with zero attached hydrogens (tertiary/aromatic N) is 4. The highest BCUT2D eigenvalue weighted by molar-refractivity contribution is 6.01. The molecule has 7 nitrogen and oxygen atoms in total. The van der Waals surface area contributed by atoms with Crippen LogP contribution in [0.2, 0.25) is 0 Å². The van der Waals surface area contributed by atoms with Gasteiger partial charge in [0.1, 0.15) is 17.0 Å². The quantitative estimate of drug-likeness (QED) is 0.825. The SMILES string of the molecule is Cc1onc(-c2ccncc2)c1C(=O)N1C[C@H]2OCCN(C)[C@H]2C1. The summed E-state index contributed by atoms with van der Waals surface area (Å²) in [5, 5.41) is 4.09. The monoisotopic (exact) mass is 328 g/mol. The number of likely N-dealkylation sites (tertiary alicyclic amines) is 1. The van der Waals surface area contributed by atoms with Crippen molar-refractivity contribution in [1.29, 1.82) is 0 Å². The molecule has 24 heavy (non-hydrogen) atoms. The van der Waals surface area contributed by atoms with Gasteiger partial charge in [-0.2, -0.15) is 0 Å². The number of likely N-dealkylation sites (N-methyl/N-ethyl adjacent to an activating group) is 1. The van der Waals surface area contributed by atoms with Crippen LogP contribution in [0.5, 0.6) is 0 Å². The average Bonchev–Trinajstić information content (AvgIpc) is 3.20. The molecule has 4 rings (SSSR count). The number of ether oxygens (including phenoxy) is 1. The van der Waals surface area contributed by atoms with Gasteiger partial charge >= 0.3 is 0 Å². The summed E-state index contributed by atoms with van der Waals surface area (Å²) in [6, 6.07) is 3.91. The summed E-state index contributed by atoms with van der Waals surface area (Å²) >= 11 is 0. The zero-order valence-corrected chi connectivity index (χ0v) is 13.8. The number of hydrogen-bond donors (Lipinski definition) is 0. The summed E-state index contributed by atoms with van der Waals surface area (Å²) in [6.45, 7) is 4.66. The fourth-order valence-electron chi connectivity index (χ4n) is 3.51. The van der Waals surface area contributed by atoms with Crippen molar-refractivity contribution in [1.82, 2.24) is 19.9 Å². The lowest BCUT2D eigenvalue weighted by Gasteiger charge is -2.33. The fourth-order valence-corrected chi connectivity index (χ4v) is 3.51. The van der Waals surface area contributed by atoms with E-state index in [0.717, 1.165) is 12.1 Å². The number of hydrogen-bond acceptors (Lipinski definition) is 6. The van der Waals surface area contributed by atoms with Crippen LogP contribution < -0.4 is 0 Å². The summed E-state index contributed by atoms with van der Waals surface area (Å²) in [7, 11) is 2.08. The van der Waals surface area contributed by atoms with Gasteiger partial charge < -0.3 is 14.2 Å². The molecule has 2 aromatic rings. The van der Waals surface area contributed by atoms with Gasteiger partial charge in [0.25, 0.3) is 5.91 Å². The molecule has 0 N–H and O–H groups in total. The van der Waals surface area contributed by atoms with Gasteiger partial charge in [-0.3, -0.25) is 14.7 Å². The van der Waals surface area contributed by atoms with Crippen LogP contribution in [0, 0.1) is 6.92 Å². The highest BCUT2D eigenvalue weighted by Gasteiger charge is 2.41. The summed E-state index contributed by atoms with van der Waals surface area (Å²) in [5.74, 6) is 0.489. The maximum absolute atomic E-state index is 13.1. The molecule has 7 heteroatoms. The highest BCUT2D eigenvalue weighted by Crippen LogP contribution is 2.29. The molecule has 1 amide bonds. The Morgan fingerprint density at radius 1 is 1.29 bits per heavy atom. The third-order valence-electron chi connectivity index (χ3n) is 4.90. The second-order valence-corrected chi connectivity index (χ2v) is 6.37. The van der Waals surface area contributed by atoms with Crippen LogP contribution in [0.15, 0.2) is 29.0 Å². The van der Waals surface area contributed by atoms with Gasteiger partial charge in [-0.25, -0.2) is 0 Å². The minimum Gasteiger partial charge on any atom is -0.373 e. The Morgan fingerprint density at radius 3 is 2.83 bits per heavy atom. The van der Waals surface area contributed by atoms with E-state index in [1.54, 1.807) is 19.3 Å². The summed E-state index contributed by atoms with van der Waals surface area (Å²) in [4.78, 5) is 21.2. The molecule has 2 aliphatic rings. The second kappa shape index (κ2) is 5.99. The Balaban J connectivity index is 1.63. The van der Waals surface area contributed by atoms with Crippen molar-refractivity contribution in [2.75, 3.05) is 33.3 Å². The Kier molecular flexibility index (Phi) is 3.82. The number of fused-ring (bicyclic) bond motifs is 1. The number of aromatic nitrogens is 2. The van der Waals surface area contributed by atoms with E-state index in [2.05, 4.69) is 22.1 Å². The lowest BCUT2D eigenvalue weighted by atomic mass is 10.1. The summed E-state index contributed by atoms with van der Waals surface area (Å²) in [5.41, 5.74) is 1.93. The molecular formula is C17H20N4O3. The molecule has 0 aliphatic carbocycles. The molecule has 0 saturated carbocycles. The molecule has 2 aromatic heterocycles. The van der Waals surface area contributed by atoms with Crippen molar-refractivity contribution in [2.24, 2.45) is 0 Å². The first-order chi connectivity index (χ1) is 11.6. The molecule has 2 aliphatic heterocycles. The molecule has 0 spiro atoms. The minimum atomic E-state index is -0.0491. The van der Waals surface area contributed by atoms with Gasteiger partial charge in [0.15, 0.2) is 0 Å². The molecular weight excluding hydrogens is 308 g/mol. The van der Waals surface area contributed by atoms with Crippen molar-refractivity contribution >= 4 is 5.91 Å². The summed E-state index contributed by atoms with van der Waals surface area (Å²) in [6.07, 6.45) is 3.44. The van der Waals surface area contributed by atoms with Crippen molar-refractivity contribution in [2.45, 2.75) is 19.1 Å². The first kappa shape index (κ1) is 15.3. The molecule has 2 fully saturated rings. The standard InChI is InChI=1S/C17H20N4O3/c1-11-15(16(19-24-11)12-3-5-18-6-4-12)17(22)21-9-13-14(10-21)23-8-7-20(13)2/h3-6,13-14H,7-10H2,1-2H3/t13-,14+/m0/s1. The first-order valence-electron chi connectivity index (χ1n) is 8.13. The van der Waals surface area contributed by atoms with Crippen LogP contribution in [0.1, 0.15) is 16.1 Å². The molecule has 4 heterocycles. The van der Waals surface area contributed by atoms with Gasteiger partial charge in [0, 0.05) is 37.6 Å². The van der Waals surface area contributed by atoms with E-state index in [-0.39, 0.29) is 18.1 Å². The smallest absolute Gasteiger partial charge is 0.259 e. The van der Waals surface area contributed by atoms with Crippen LogP contribution in [0.3, 0.4) is 0 Å². The molecule has 2 atom stereocenters. The van der Waals surface area contributed by atoms with E-state index < -0.39 is 0 Å². The zero-order valence-electron chi connectivity index (χ0n) is 13.8. The van der Waals surface area contributed by atoms with Crippen LogP contribution in [-0.2, 0) is 4.74 Å². The number of amides is 1. The zero-order chi connectivity index (χ0) is 16.7. The van der Waals surface area contributed by atoms with Gasteiger partial charge in [-0.05, 0) is 26.1 Å². The van der Waals surface area contributed by atoms with Crippen molar-refractivity contribution in [3.8, 4) is 11.3 Å². The first-order valence-corrected chi connectivity index (χ1v) is 8.13. The van der Waals surface area contributed by atoms with E-state index in [4.69, 9.17) is 9.26 Å². The van der Waals surface area contributed by atoms with Crippen molar-refractivity contribution < 1.29 is 14.1 Å². The number of pyridine rings is 1. The molecule has 0 unspecified atom stereocenters. The van der Waals surface area contributed by atoms with Crippen molar-refractivity contribution in [3.05, 3.63) is 35.9 Å². The number of carbonyl (C=O) groups is 1. The van der Waals surface area contributed by atoms with E-state index in [1.807, 2.05) is 17.0 Å². The number of carbonyl (C=O) groups excluding carboxylic acids is 1. The van der Waals surface area contributed by atoms with Crippen LogP contribution in [0.25, 0.3) is 11.3 Å². The second-order valence-electron chi connectivity index (χ2n) is 6.37. The van der Waals surface area contributed by atoms with Crippen molar-refractivity contribution in [3.63, 3.8) is 0 Å². The van der Waals surface area contributed by atoms with E-state index >= 15 is 0 Å². The average molecular weight is 328 g/mol. The molecule has 0 radical (unpaired) electrons. The lowest BCUT2D eigenvalue weighted by molar-refractivity contribution is -0.0368. The largest absolute Gasteiger partial charge is 0.373 e. The minimum absolute atomic E-state index is 0.0491. The molecule has 0 aromatic carbocycles. The third kappa shape index (κ3) is 2.50. The van der Waals surface area contributed by atoms with Crippen LogP contribution >= 0.6 is 0 Å². The summed E-state index contributed by atoms with van der Waals surface area (Å²) < 4.78 is 11.1. The lowest BCUT2D eigenvalue weighted by Crippen LogP contribution is -2.48. The maximum atomic E-state index is 13.1. The number of aryl methyl sites for hydroxylation is 1. The van der Waals surface area contributed by atoms with Gasteiger partial charge in [-0.1, -0.05) is 5.16 Å². The Labute approximate surface area is 140 Å². The molecule has 126 valence electrons. The van der Waals surface area contributed by atoms with E-state index in [1.165, 1.54) is 0 Å². The van der Waals surface area contributed by atoms with Crippen LogP contribution in [0.4, 0.5) is 0 Å². The topological polar surface area (TPSA) is 71.7 Å². The Hall–Kier alpha value is -2.25. The molecule has 0 bridgehead atoms. The van der Waals surface area contributed by atoms with Gasteiger partial charge in [-0.15, -0.1) is 0 Å². The maximum Gasteiger partial charge on any atom is 0.259 e. The third-order valence-corrected chi connectivity index (χ3v) is 4.90. The molecule has 2 saturated heterocycles. The normalized spacial score (nSPS) is 24.2. The van der Waals surface area contributed by atoms with E-state index in [0.29, 0.717) is 36.7 Å². The number of morpholine rings is 1. The highest BCUT2D eigenvalue weighted by atomic mass is 16.5. The predicted octanol–water partition coefficient (Wildman–Crippen LogP) is 1.20. The van der Waals surface area contributed by atoms with Gasteiger partial charge in [0.05, 0.1) is 18.8 Å². The predicted molar refractivity (Wildman–Crippen MR) is 86.5 cm³/mol. The number of rotatable bonds is 2. The van der Waals surface area contributed by atoms with Crippen LogP contribution in [-0.4, -0.2) is 71.3 Å². The van der Waals surface area contributed by atoms with E-state index in [9.17, 15) is 4.79 Å². The Bertz CT molecular complexity index is 746. The van der Waals surface area contributed by atoms with Gasteiger partial charge in [0.2, 0.25) is 0 Å². The fraction of sp³-hybridized carbons (Fsp3) is 0.471. The Morgan fingerprint density at radius 2 is 2.08 bits per heavy atom.